The predicted molar refractivity (Wildman–Crippen MR) is 100.0 cm³/mol. The largest absolute Gasteiger partial charge is 0.383 e. The number of aromatic amines is 1. The maximum atomic E-state index is 5.29. The van der Waals surface area contributed by atoms with Crippen LogP contribution in [-0.4, -0.2) is 68.5 Å². The van der Waals surface area contributed by atoms with E-state index in [4.69, 9.17) is 9.47 Å². The number of H-pyrrole nitrogens is 1. The van der Waals surface area contributed by atoms with Crippen molar-refractivity contribution in [1.29, 1.82) is 0 Å². The maximum absolute atomic E-state index is 5.29. The average molecular weight is 346 g/mol. The van der Waals surface area contributed by atoms with Gasteiger partial charge in [-0.2, -0.15) is 0 Å². The molecule has 6 nitrogen and oxygen atoms in total. The van der Waals surface area contributed by atoms with Crippen LogP contribution in [-0.2, 0) is 16.0 Å². The van der Waals surface area contributed by atoms with Gasteiger partial charge < -0.3 is 19.8 Å². The van der Waals surface area contributed by atoms with Gasteiger partial charge in [-0.1, -0.05) is 0 Å². The fraction of sp³-hybridized carbons (Fsp3) is 0.632. The molecule has 25 heavy (non-hydrogen) atoms. The highest BCUT2D eigenvalue weighted by molar-refractivity contribution is 5.81. The highest BCUT2D eigenvalue weighted by Crippen LogP contribution is 2.32. The lowest BCUT2D eigenvalue weighted by Gasteiger charge is -2.26. The van der Waals surface area contributed by atoms with Crippen molar-refractivity contribution < 1.29 is 9.47 Å². The molecule has 1 saturated heterocycles. The first-order chi connectivity index (χ1) is 12.3. The van der Waals surface area contributed by atoms with Gasteiger partial charge in [0.05, 0.1) is 13.2 Å². The van der Waals surface area contributed by atoms with Crippen LogP contribution in [0.4, 0.5) is 0 Å². The van der Waals surface area contributed by atoms with Crippen LogP contribution in [0.2, 0.25) is 0 Å². The molecule has 0 bridgehead atoms. The Hall–Kier alpha value is -1.47. The van der Waals surface area contributed by atoms with E-state index in [2.05, 4.69) is 26.3 Å². The minimum absolute atomic E-state index is 0.581. The average Bonchev–Trinajstić information content (AvgIpc) is 3.03. The number of ether oxygens (including phenoxy) is 2. The van der Waals surface area contributed by atoms with Crippen molar-refractivity contribution in [2.45, 2.75) is 25.3 Å². The fourth-order valence-corrected chi connectivity index (χ4v) is 3.66. The van der Waals surface area contributed by atoms with Gasteiger partial charge in [-0.15, -0.1) is 0 Å². The van der Waals surface area contributed by atoms with Crippen molar-refractivity contribution in [2.24, 2.45) is 0 Å². The summed E-state index contributed by atoms with van der Waals surface area (Å²) in [5.74, 6) is 0.581. The first-order valence-electron chi connectivity index (χ1n) is 9.20. The molecule has 2 N–H and O–H groups in total. The lowest BCUT2D eigenvalue weighted by Crippen LogP contribution is -2.31. The van der Waals surface area contributed by atoms with Crippen molar-refractivity contribution in [3.8, 4) is 0 Å². The Morgan fingerprint density at radius 1 is 1.16 bits per heavy atom. The van der Waals surface area contributed by atoms with E-state index in [-0.39, 0.29) is 0 Å². The summed E-state index contributed by atoms with van der Waals surface area (Å²) in [5, 5.41) is 4.71. The Morgan fingerprint density at radius 2 is 1.88 bits per heavy atom. The normalized spacial score (nSPS) is 16.1. The highest BCUT2D eigenvalue weighted by atomic mass is 16.5. The quantitative estimate of drug-likeness (QED) is 0.728. The van der Waals surface area contributed by atoms with Gasteiger partial charge in [0.15, 0.2) is 0 Å². The van der Waals surface area contributed by atoms with Gasteiger partial charge in [-0.25, -0.2) is 4.98 Å². The second kappa shape index (κ2) is 9.29. The van der Waals surface area contributed by atoms with Crippen LogP contribution in [0.5, 0.6) is 0 Å². The molecule has 0 saturated carbocycles. The second-order valence-corrected chi connectivity index (χ2v) is 6.70. The van der Waals surface area contributed by atoms with Crippen LogP contribution in [0.1, 0.15) is 30.0 Å². The maximum Gasteiger partial charge on any atom is 0.137 e. The summed E-state index contributed by atoms with van der Waals surface area (Å²) in [4.78, 5) is 10.6. The van der Waals surface area contributed by atoms with E-state index < -0.39 is 0 Å². The fourth-order valence-electron chi connectivity index (χ4n) is 3.66. The number of pyridine rings is 1. The number of nitrogens with zero attached hydrogens (tertiary/aromatic N) is 2. The summed E-state index contributed by atoms with van der Waals surface area (Å²) < 4.78 is 10.6. The molecule has 0 radical (unpaired) electrons. The van der Waals surface area contributed by atoms with Gasteiger partial charge in [-0.3, -0.25) is 4.90 Å². The van der Waals surface area contributed by atoms with Crippen LogP contribution in [0.3, 0.4) is 0 Å². The minimum Gasteiger partial charge on any atom is -0.383 e. The molecule has 2 aromatic rings. The van der Waals surface area contributed by atoms with Crippen LogP contribution in [0.25, 0.3) is 11.0 Å². The number of piperidine rings is 1. The lowest BCUT2D eigenvalue weighted by atomic mass is 9.91. The lowest BCUT2D eigenvalue weighted by molar-refractivity contribution is 0.110. The number of hydrogen-bond acceptors (Lipinski definition) is 5. The molecule has 2 aromatic heterocycles. The third-order valence-corrected chi connectivity index (χ3v) is 5.06. The predicted octanol–water partition coefficient (Wildman–Crippen LogP) is 2.12. The number of nitrogens with one attached hydrogen (secondary N) is 2. The molecule has 0 unspecified atom stereocenters. The van der Waals surface area contributed by atoms with E-state index in [0.29, 0.717) is 5.92 Å². The Morgan fingerprint density at radius 3 is 2.56 bits per heavy atom. The third kappa shape index (κ3) is 4.58. The van der Waals surface area contributed by atoms with Crippen molar-refractivity contribution >= 4 is 11.0 Å². The molecule has 6 heteroatoms. The third-order valence-electron chi connectivity index (χ3n) is 5.06. The van der Waals surface area contributed by atoms with Crippen LogP contribution >= 0.6 is 0 Å². The first kappa shape index (κ1) is 18.3. The van der Waals surface area contributed by atoms with Gasteiger partial charge in [0.2, 0.25) is 0 Å². The van der Waals surface area contributed by atoms with Gasteiger partial charge in [-0.05, 0) is 43.6 Å². The second-order valence-electron chi connectivity index (χ2n) is 6.70. The van der Waals surface area contributed by atoms with Gasteiger partial charge in [0.25, 0.3) is 0 Å². The Labute approximate surface area is 149 Å². The van der Waals surface area contributed by atoms with Gasteiger partial charge in [0.1, 0.15) is 5.65 Å². The number of fused-ring (bicyclic) bond motifs is 1. The SMILES string of the molecule is COCCN(CCOC)Cc1c(C2CCNCC2)[nH]c2ncccc12. The topological polar surface area (TPSA) is 62.4 Å². The standard InChI is InChI=1S/C19H30N4O2/c1-24-12-10-23(11-13-25-2)14-17-16-4-3-7-21-19(16)22-18(17)15-5-8-20-9-6-15/h3-4,7,15,20H,5-6,8-14H2,1-2H3,(H,21,22). The summed E-state index contributed by atoms with van der Waals surface area (Å²) >= 11 is 0. The van der Waals surface area contributed by atoms with Crippen LogP contribution in [0, 0.1) is 0 Å². The molecule has 1 aliphatic heterocycles. The van der Waals surface area contributed by atoms with Crippen LogP contribution < -0.4 is 5.32 Å². The number of methoxy groups -OCH3 is 2. The van der Waals surface area contributed by atoms with Crippen LogP contribution in [0.15, 0.2) is 18.3 Å². The molecule has 0 spiro atoms. The molecule has 138 valence electrons. The van der Waals surface area contributed by atoms with Crippen molar-refractivity contribution in [2.75, 3.05) is 53.6 Å². The molecule has 1 aliphatic rings. The van der Waals surface area contributed by atoms with E-state index in [1.54, 1.807) is 14.2 Å². The smallest absolute Gasteiger partial charge is 0.137 e. The highest BCUT2D eigenvalue weighted by Gasteiger charge is 2.23. The van der Waals surface area contributed by atoms with Gasteiger partial charge >= 0.3 is 0 Å². The van der Waals surface area contributed by atoms with Gasteiger partial charge in [0, 0.05) is 57.0 Å². The molecule has 0 aromatic carbocycles. The Bertz CT molecular complexity index is 644. The summed E-state index contributed by atoms with van der Waals surface area (Å²) in [5.41, 5.74) is 3.77. The Balaban J connectivity index is 1.88. The summed E-state index contributed by atoms with van der Waals surface area (Å²) in [6.45, 7) is 6.34. The summed E-state index contributed by atoms with van der Waals surface area (Å²) in [6, 6.07) is 4.21. The molecule has 0 amide bonds. The molecular weight excluding hydrogens is 316 g/mol. The Kier molecular flexibility index (Phi) is 6.81. The molecule has 3 rings (SSSR count). The monoisotopic (exact) mass is 346 g/mol. The summed E-state index contributed by atoms with van der Waals surface area (Å²) in [7, 11) is 3.51. The van der Waals surface area contributed by atoms with Crippen molar-refractivity contribution in [3.05, 3.63) is 29.6 Å². The van der Waals surface area contributed by atoms with Crippen molar-refractivity contribution in [1.82, 2.24) is 20.2 Å². The van der Waals surface area contributed by atoms with E-state index >= 15 is 0 Å². The van der Waals surface area contributed by atoms with E-state index in [9.17, 15) is 0 Å². The zero-order chi connectivity index (χ0) is 17.5. The molecule has 1 fully saturated rings. The van der Waals surface area contributed by atoms with E-state index in [1.807, 2.05) is 12.3 Å². The number of hydrogen-bond donors (Lipinski definition) is 2. The van der Waals surface area contributed by atoms with Crippen molar-refractivity contribution in [3.63, 3.8) is 0 Å². The van der Waals surface area contributed by atoms with E-state index in [1.165, 1.54) is 29.5 Å². The molecular formula is C19H30N4O2. The number of rotatable bonds is 9. The zero-order valence-electron chi connectivity index (χ0n) is 15.4. The minimum atomic E-state index is 0.581. The zero-order valence-corrected chi connectivity index (χ0v) is 15.4. The molecule has 0 aliphatic carbocycles. The summed E-state index contributed by atoms with van der Waals surface area (Å²) in [6.07, 6.45) is 4.22. The molecule has 0 atom stereocenters. The first-order valence-corrected chi connectivity index (χ1v) is 9.20. The number of aromatic nitrogens is 2. The van der Waals surface area contributed by atoms with E-state index in [0.717, 1.165) is 51.6 Å². The molecule has 3 heterocycles.